The van der Waals surface area contributed by atoms with Gasteiger partial charge in [-0.1, -0.05) is 24.3 Å². The fourth-order valence-electron chi connectivity index (χ4n) is 2.91. The number of nitrogens with one attached hydrogen (secondary N) is 2. The highest BCUT2D eigenvalue weighted by atomic mass is 16.5. The van der Waals surface area contributed by atoms with Crippen molar-refractivity contribution in [3.05, 3.63) is 89.5 Å². The summed E-state index contributed by atoms with van der Waals surface area (Å²) in [6.45, 7) is 0.366. The monoisotopic (exact) mass is 420 g/mol. The molecule has 2 N–H and O–H groups in total. The molecule has 7 heteroatoms. The third-order valence-corrected chi connectivity index (χ3v) is 4.51. The first kappa shape index (κ1) is 21.7. The van der Waals surface area contributed by atoms with E-state index >= 15 is 0 Å². The molecule has 0 aliphatic heterocycles. The number of amides is 2. The van der Waals surface area contributed by atoms with Crippen molar-refractivity contribution in [1.29, 1.82) is 0 Å². The third-order valence-electron chi connectivity index (χ3n) is 4.51. The fourth-order valence-corrected chi connectivity index (χ4v) is 2.91. The second kappa shape index (κ2) is 10.7. The second-order valence-corrected chi connectivity index (χ2v) is 6.59. The van der Waals surface area contributed by atoms with Crippen LogP contribution in [-0.2, 0) is 11.2 Å². The number of hydrogen-bond acceptors (Lipinski definition) is 5. The van der Waals surface area contributed by atoms with Gasteiger partial charge in [-0.2, -0.15) is 0 Å². The average Bonchev–Trinajstić information content (AvgIpc) is 3.32. The number of carbonyl (C=O) groups excluding carboxylic acids is 2. The molecule has 2 aromatic carbocycles. The summed E-state index contributed by atoms with van der Waals surface area (Å²) in [5, 5.41) is 5.50. The number of furan rings is 1. The van der Waals surface area contributed by atoms with Crippen molar-refractivity contribution < 1.29 is 23.5 Å². The number of rotatable bonds is 9. The maximum atomic E-state index is 12.8. The van der Waals surface area contributed by atoms with Crippen molar-refractivity contribution in [2.75, 3.05) is 20.8 Å². The molecule has 0 bridgehead atoms. The van der Waals surface area contributed by atoms with Gasteiger partial charge in [0, 0.05) is 18.2 Å². The van der Waals surface area contributed by atoms with Crippen LogP contribution in [0.1, 0.15) is 21.7 Å². The number of carbonyl (C=O) groups is 2. The van der Waals surface area contributed by atoms with Crippen LogP contribution in [0.5, 0.6) is 11.5 Å². The lowest BCUT2D eigenvalue weighted by atomic mass is 10.1. The van der Waals surface area contributed by atoms with Crippen molar-refractivity contribution in [3.63, 3.8) is 0 Å². The van der Waals surface area contributed by atoms with Gasteiger partial charge in [0.2, 0.25) is 0 Å². The van der Waals surface area contributed by atoms with E-state index in [9.17, 15) is 9.59 Å². The normalized spacial score (nSPS) is 11.0. The number of ether oxygens (including phenoxy) is 2. The van der Waals surface area contributed by atoms with Crippen LogP contribution in [0.25, 0.3) is 6.08 Å². The van der Waals surface area contributed by atoms with Crippen molar-refractivity contribution in [2.45, 2.75) is 6.42 Å². The highest BCUT2D eigenvalue weighted by Crippen LogP contribution is 2.27. The second-order valence-electron chi connectivity index (χ2n) is 6.59. The quantitative estimate of drug-likeness (QED) is 0.518. The first-order valence-electron chi connectivity index (χ1n) is 9.71. The zero-order chi connectivity index (χ0) is 22.1. The van der Waals surface area contributed by atoms with Gasteiger partial charge in [0.15, 0.2) is 11.5 Å². The lowest BCUT2D eigenvalue weighted by molar-refractivity contribution is -0.117. The van der Waals surface area contributed by atoms with E-state index in [0.29, 0.717) is 35.8 Å². The summed E-state index contributed by atoms with van der Waals surface area (Å²) in [6, 6.07) is 17.7. The molecule has 0 aliphatic carbocycles. The zero-order valence-electron chi connectivity index (χ0n) is 17.4. The first-order valence-corrected chi connectivity index (χ1v) is 9.71. The molecule has 1 aromatic heterocycles. The van der Waals surface area contributed by atoms with Crippen molar-refractivity contribution in [2.24, 2.45) is 0 Å². The van der Waals surface area contributed by atoms with E-state index in [1.807, 2.05) is 24.3 Å². The van der Waals surface area contributed by atoms with Crippen molar-refractivity contribution in [3.8, 4) is 11.5 Å². The zero-order valence-corrected chi connectivity index (χ0v) is 17.4. The highest BCUT2D eigenvalue weighted by Gasteiger charge is 2.15. The largest absolute Gasteiger partial charge is 0.493 e. The van der Waals surface area contributed by atoms with Crippen LogP contribution in [0.2, 0.25) is 0 Å². The average molecular weight is 420 g/mol. The Hall–Kier alpha value is -4.00. The molecule has 0 saturated heterocycles. The molecule has 0 saturated carbocycles. The molecule has 3 aromatic rings. The predicted octanol–water partition coefficient (Wildman–Crippen LogP) is 3.43. The Labute approximate surface area is 180 Å². The van der Waals surface area contributed by atoms with Crippen LogP contribution in [0, 0.1) is 0 Å². The molecule has 1 heterocycles. The van der Waals surface area contributed by atoms with Crippen molar-refractivity contribution >= 4 is 17.9 Å². The Morgan fingerprint density at radius 3 is 2.42 bits per heavy atom. The molecule has 2 amide bonds. The minimum absolute atomic E-state index is 0.0936. The van der Waals surface area contributed by atoms with Crippen LogP contribution in [0.15, 0.2) is 77.0 Å². The van der Waals surface area contributed by atoms with E-state index in [1.165, 1.54) is 12.3 Å². The van der Waals surface area contributed by atoms with Crippen LogP contribution in [-0.4, -0.2) is 32.6 Å². The minimum atomic E-state index is -0.416. The van der Waals surface area contributed by atoms with Gasteiger partial charge in [-0.05, 0) is 48.4 Å². The summed E-state index contributed by atoms with van der Waals surface area (Å²) in [6.07, 6.45) is 3.57. The Kier molecular flexibility index (Phi) is 7.48. The van der Waals surface area contributed by atoms with Crippen LogP contribution in [0.3, 0.4) is 0 Å². The van der Waals surface area contributed by atoms with E-state index in [4.69, 9.17) is 13.9 Å². The molecule has 0 atom stereocenters. The maximum Gasteiger partial charge on any atom is 0.267 e. The standard InChI is InChI=1S/C24H24N2O5/c1-29-21-11-10-17(15-22(21)30-2)12-13-25-24(28)20(16-19-9-6-14-31-19)26-23(27)18-7-4-3-5-8-18/h3-11,14-16H,12-13H2,1-2H3,(H,25,28)(H,26,27)/b20-16+. The van der Waals surface area contributed by atoms with Gasteiger partial charge in [-0.25, -0.2) is 0 Å². The van der Waals surface area contributed by atoms with Crippen LogP contribution >= 0.6 is 0 Å². The van der Waals surface area contributed by atoms with Crippen LogP contribution < -0.4 is 20.1 Å². The summed E-state index contributed by atoms with van der Waals surface area (Å²) in [7, 11) is 3.15. The molecule has 0 spiro atoms. The molecule has 7 nitrogen and oxygen atoms in total. The Morgan fingerprint density at radius 2 is 1.74 bits per heavy atom. The summed E-state index contributed by atoms with van der Waals surface area (Å²) in [4.78, 5) is 25.3. The molecule has 31 heavy (non-hydrogen) atoms. The molecule has 0 unspecified atom stereocenters. The number of benzene rings is 2. The Bertz CT molecular complexity index is 1040. The van der Waals surface area contributed by atoms with E-state index < -0.39 is 5.91 Å². The Morgan fingerprint density at radius 1 is 0.968 bits per heavy atom. The minimum Gasteiger partial charge on any atom is -0.493 e. The van der Waals surface area contributed by atoms with Gasteiger partial charge in [-0.3, -0.25) is 9.59 Å². The molecular formula is C24H24N2O5. The van der Waals surface area contributed by atoms with Gasteiger partial charge in [0.25, 0.3) is 11.8 Å². The van der Waals surface area contributed by atoms with Crippen molar-refractivity contribution in [1.82, 2.24) is 10.6 Å². The fraction of sp³-hybridized carbons (Fsp3) is 0.167. The lowest BCUT2D eigenvalue weighted by Gasteiger charge is -2.12. The van der Waals surface area contributed by atoms with E-state index in [1.54, 1.807) is 50.6 Å². The van der Waals surface area contributed by atoms with Gasteiger partial charge in [0.1, 0.15) is 11.5 Å². The van der Waals surface area contributed by atoms with Gasteiger partial charge in [-0.15, -0.1) is 0 Å². The Balaban J connectivity index is 1.67. The topological polar surface area (TPSA) is 89.8 Å². The van der Waals surface area contributed by atoms with E-state index in [2.05, 4.69) is 10.6 Å². The first-order chi connectivity index (χ1) is 15.1. The summed E-state index contributed by atoms with van der Waals surface area (Å²) < 4.78 is 15.8. The summed E-state index contributed by atoms with van der Waals surface area (Å²) >= 11 is 0. The molecular weight excluding hydrogens is 396 g/mol. The summed E-state index contributed by atoms with van der Waals surface area (Å²) in [5.41, 5.74) is 1.52. The maximum absolute atomic E-state index is 12.8. The third kappa shape index (κ3) is 5.99. The van der Waals surface area contributed by atoms with Crippen LogP contribution in [0.4, 0.5) is 0 Å². The molecule has 3 rings (SSSR count). The predicted molar refractivity (Wildman–Crippen MR) is 117 cm³/mol. The number of hydrogen-bond donors (Lipinski definition) is 2. The lowest BCUT2D eigenvalue weighted by Crippen LogP contribution is -2.35. The molecule has 0 aliphatic rings. The van der Waals surface area contributed by atoms with E-state index in [-0.39, 0.29) is 11.6 Å². The molecule has 160 valence electrons. The number of methoxy groups -OCH3 is 2. The van der Waals surface area contributed by atoms with Gasteiger partial charge < -0.3 is 24.5 Å². The highest BCUT2D eigenvalue weighted by molar-refractivity contribution is 6.05. The van der Waals surface area contributed by atoms with Gasteiger partial charge in [0.05, 0.1) is 20.5 Å². The molecule has 0 fully saturated rings. The molecule has 0 radical (unpaired) electrons. The summed E-state index contributed by atoms with van der Waals surface area (Å²) in [5.74, 6) is 0.926. The SMILES string of the molecule is COc1ccc(CCNC(=O)/C(=C\c2ccco2)NC(=O)c2ccccc2)cc1OC. The van der Waals surface area contributed by atoms with E-state index in [0.717, 1.165) is 5.56 Å². The smallest absolute Gasteiger partial charge is 0.267 e. The van der Waals surface area contributed by atoms with Gasteiger partial charge >= 0.3 is 0 Å².